The van der Waals surface area contributed by atoms with Crippen molar-refractivity contribution in [3.63, 3.8) is 0 Å². The summed E-state index contributed by atoms with van der Waals surface area (Å²) in [5.74, 6) is 1.34. The minimum absolute atomic E-state index is 0.0534. The van der Waals surface area contributed by atoms with Crippen LogP contribution in [0.15, 0.2) is 46.3 Å². The smallest absolute Gasteiger partial charge is 0.266 e. The molecule has 0 unspecified atom stereocenters. The number of para-hydroxylation sites is 1. The average molecular weight is 397 g/mol. The van der Waals surface area contributed by atoms with Gasteiger partial charge in [-0.25, -0.2) is 4.99 Å². The van der Waals surface area contributed by atoms with E-state index in [1.165, 1.54) is 11.8 Å². The van der Waals surface area contributed by atoms with Gasteiger partial charge in [-0.1, -0.05) is 18.2 Å². The number of aliphatic imine (C=N–C) groups is 1. The van der Waals surface area contributed by atoms with Crippen molar-refractivity contribution in [3.05, 3.63) is 58.0 Å². The van der Waals surface area contributed by atoms with Crippen LogP contribution in [0.2, 0.25) is 0 Å². The van der Waals surface area contributed by atoms with Crippen LogP contribution < -0.4 is 9.47 Å². The molecule has 0 bridgehead atoms. The van der Waals surface area contributed by atoms with Gasteiger partial charge in [0.25, 0.3) is 5.91 Å². The maximum Gasteiger partial charge on any atom is 0.266 e. The lowest BCUT2D eigenvalue weighted by Crippen LogP contribution is -2.28. The van der Waals surface area contributed by atoms with Crippen LogP contribution in [0.25, 0.3) is 6.08 Å². The Labute approximate surface area is 170 Å². The molecule has 1 aliphatic rings. The highest BCUT2D eigenvalue weighted by molar-refractivity contribution is 8.18. The van der Waals surface area contributed by atoms with Crippen molar-refractivity contribution in [1.82, 2.24) is 4.90 Å². The van der Waals surface area contributed by atoms with Crippen molar-refractivity contribution in [2.24, 2.45) is 4.99 Å². The molecular formula is C22H24N2O3S. The summed E-state index contributed by atoms with van der Waals surface area (Å²) < 4.78 is 10.7. The number of thioether (sulfide) groups is 1. The molecule has 2 aromatic rings. The fourth-order valence-corrected chi connectivity index (χ4v) is 4.08. The molecule has 0 aliphatic carbocycles. The van der Waals surface area contributed by atoms with Crippen molar-refractivity contribution in [2.75, 3.05) is 20.8 Å². The van der Waals surface area contributed by atoms with Gasteiger partial charge >= 0.3 is 0 Å². The van der Waals surface area contributed by atoms with Crippen molar-refractivity contribution < 1.29 is 14.3 Å². The molecule has 0 N–H and O–H groups in total. The lowest BCUT2D eigenvalue weighted by atomic mass is 10.1. The lowest BCUT2D eigenvalue weighted by molar-refractivity contribution is -0.122. The predicted molar refractivity (Wildman–Crippen MR) is 116 cm³/mol. The lowest BCUT2D eigenvalue weighted by Gasteiger charge is -2.13. The van der Waals surface area contributed by atoms with Crippen molar-refractivity contribution in [1.29, 1.82) is 0 Å². The first-order chi connectivity index (χ1) is 13.5. The first kappa shape index (κ1) is 20.0. The van der Waals surface area contributed by atoms with E-state index < -0.39 is 0 Å². The number of amidine groups is 1. The van der Waals surface area contributed by atoms with Gasteiger partial charge in [-0.05, 0) is 67.9 Å². The van der Waals surface area contributed by atoms with Crippen LogP contribution in [0, 0.1) is 13.8 Å². The van der Waals surface area contributed by atoms with E-state index in [4.69, 9.17) is 14.5 Å². The Bertz CT molecular complexity index is 946. The third-order valence-corrected chi connectivity index (χ3v) is 5.58. The van der Waals surface area contributed by atoms with Crippen molar-refractivity contribution >= 4 is 34.6 Å². The van der Waals surface area contributed by atoms with E-state index >= 15 is 0 Å². The summed E-state index contributed by atoms with van der Waals surface area (Å²) in [7, 11) is 3.22. The number of rotatable bonds is 5. The molecule has 1 saturated heterocycles. The molecule has 5 nitrogen and oxygen atoms in total. The molecule has 1 aliphatic heterocycles. The normalized spacial score (nSPS) is 16.9. The van der Waals surface area contributed by atoms with Gasteiger partial charge in [0.15, 0.2) is 5.17 Å². The van der Waals surface area contributed by atoms with Gasteiger partial charge in [0.2, 0.25) is 0 Å². The fourth-order valence-electron chi connectivity index (χ4n) is 3.04. The van der Waals surface area contributed by atoms with E-state index in [1.807, 2.05) is 63.2 Å². The highest BCUT2D eigenvalue weighted by atomic mass is 32.2. The Kier molecular flexibility index (Phi) is 6.09. The molecule has 3 rings (SSSR count). The van der Waals surface area contributed by atoms with Gasteiger partial charge in [0, 0.05) is 12.1 Å². The predicted octanol–water partition coefficient (Wildman–Crippen LogP) is 4.94. The van der Waals surface area contributed by atoms with Crippen LogP contribution in [0.1, 0.15) is 23.6 Å². The van der Waals surface area contributed by atoms with Crippen LogP contribution in [0.3, 0.4) is 0 Å². The van der Waals surface area contributed by atoms with Gasteiger partial charge in [-0.3, -0.25) is 9.69 Å². The molecule has 1 amide bonds. The molecule has 1 fully saturated rings. The summed E-state index contributed by atoms with van der Waals surface area (Å²) >= 11 is 1.38. The largest absolute Gasteiger partial charge is 0.497 e. The van der Waals surface area contributed by atoms with Gasteiger partial charge in [-0.2, -0.15) is 0 Å². The second-order valence-corrected chi connectivity index (χ2v) is 7.41. The zero-order valence-corrected chi connectivity index (χ0v) is 17.6. The third kappa shape index (κ3) is 3.92. The molecule has 6 heteroatoms. The van der Waals surface area contributed by atoms with Crippen LogP contribution >= 0.6 is 11.8 Å². The van der Waals surface area contributed by atoms with Gasteiger partial charge in [0.05, 0.1) is 24.8 Å². The number of aryl methyl sites for hydroxylation is 2. The Balaban J connectivity index is 2.03. The topological polar surface area (TPSA) is 51.1 Å². The second-order valence-electron chi connectivity index (χ2n) is 6.40. The molecule has 146 valence electrons. The van der Waals surface area contributed by atoms with E-state index in [0.717, 1.165) is 22.4 Å². The number of carbonyl (C=O) groups is 1. The van der Waals surface area contributed by atoms with E-state index in [-0.39, 0.29) is 5.91 Å². The number of benzene rings is 2. The molecule has 0 atom stereocenters. The number of hydrogen-bond donors (Lipinski definition) is 0. The highest BCUT2D eigenvalue weighted by Crippen LogP contribution is 2.37. The Morgan fingerprint density at radius 2 is 1.82 bits per heavy atom. The summed E-state index contributed by atoms with van der Waals surface area (Å²) in [6, 6.07) is 11.6. The second kappa shape index (κ2) is 8.52. The van der Waals surface area contributed by atoms with E-state index in [0.29, 0.717) is 28.1 Å². The molecule has 0 saturated carbocycles. The summed E-state index contributed by atoms with van der Waals surface area (Å²) in [4.78, 5) is 20.1. The maximum atomic E-state index is 12.9. The first-order valence-corrected chi connectivity index (χ1v) is 9.88. The number of nitrogens with zero attached hydrogens (tertiary/aromatic N) is 2. The van der Waals surface area contributed by atoms with Gasteiger partial charge in [-0.15, -0.1) is 0 Å². The van der Waals surface area contributed by atoms with Crippen molar-refractivity contribution in [3.8, 4) is 11.5 Å². The van der Waals surface area contributed by atoms with E-state index in [9.17, 15) is 4.79 Å². The molecule has 0 radical (unpaired) electrons. The SMILES string of the molecule is CCN1C(=O)/C(=C\c2cc(OC)ccc2OC)SC1=Nc1c(C)cccc1C. The summed E-state index contributed by atoms with van der Waals surface area (Å²) in [6.07, 6.45) is 1.84. The summed E-state index contributed by atoms with van der Waals surface area (Å²) in [5.41, 5.74) is 3.88. The quantitative estimate of drug-likeness (QED) is 0.672. The fraction of sp³-hybridized carbons (Fsp3) is 0.273. The highest BCUT2D eigenvalue weighted by Gasteiger charge is 2.32. The molecular weight excluding hydrogens is 372 g/mol. The zero-order chi connectivity index (χ0) is 20.3. The van der Waals surface area contributed by atoms with E-state index in [1.54, 1.807) is 19.1 Å². The van der Waals surface area contributed by atoms with Crippen LogP contribution in [0.5, 0.6) is 11.5 Å². The Hall–Kier alpha value is -2.73. The summed E-state index contributed by atoms with van der Waals surface area (Å²) in [5, 5.41) is 0.693. The number of hydrogen-bond acceptors (Lipinski definition) is 5. The van der Waals surface area contributed by atoms with Crippen LogP contribution in [0.4, 0.5) is 5.69 Å². The number of methoxy groups -OCH3 is 2. The van der Waals surface area contributed by atoms with Gasteiger partial charge in [0.1, 0.15) is 11.5 Å². The number of likely N-dealkylation sites (N-methyl/N-ethyl adjacent to an activating group) is 1. The van der Waals surface area contributed by atoms with E-state index in [2.05, 4.69) is 0 Å². The van der Waals surface area contributed by atoms with Gasteiger partial charge < -0.3 is 9.47 Å². The zero-order valence-electron chi connectivity index (χ0n) is 16.8. The Morgan fingerprint density at radius 1 is 1.11 bits per heavy atom. The Morgan fingerprint density at radius 3 is 2.43 bits per heavy atom. The molecule has 2 aromatic carbocycles. The summed E-state index contributed by atoms with van der Waals surface area (Å²) in [6.45, 7) is 6.57. The standard InChI is InChI=1S/C22H24N2O3S/c1-6-24-21(25)19(13-16-12-17(26-4)10-11-18(16)27-5)28-22(24)23-20-14(2)8-7-9-15(20)3/h7-13H,6H2,1-5H3/b19-13+,23-22?. The minimum atomic E-state index is -0.0534. The molecule has 1 heterocycles. The third-order valence-electron chi connectivity index (χ3n) is 4.57. The number of ether oxygens (including phenoxy) is 2. The molecule has 0 aromatic heterocycles. The van der Waals surface area contributed by atoms with Crippen LogP contribution in [-0.2, 0) is 4.79 Å². The molecule has 28 heavy (non-hydrogen) atoms. The minimum Gasteiger partial charge on any atom is -0.497 e. The number of amides is 1. The van der Waals surface area contributed by atoms with Crippen molar-refractivity contribution in [2.45, 2.75) is 20.8 Å². The number of carbonyl (C=O) groups excluding carboxylic acids is 1. The molecule has 0 spiro atoms. The average Bonchev–Trinajstić information content (AvgIpc) is 2.99. The van der Waals surface area contributed by atoms with Crippen LogP contribution in [-0.4, -0.2) is 36.7 Å². The first-order valence-electron chi connectivity index (χ1n) is 9.06. The maximum absolute atomic E-state index is 12.9. The monoisotopic (exact) mass is 396 g/mol.